The van der Waals surface area contributed by atoms with Gasteiger partial charge in [-0.1, -0.05) is 5.16 Å². The average molecular weight is 445 g/mol. The van der Waals surface area contributed by atoms with Crippen molar-refractivity contribution in [3.05, 3.63) is 64.6 Å². The molecule has 1 fully saturated rings. The number of likely N-dealkylation sites (tertiary alicyclic amines) is 1. The van der Waals surface area contributed by atoms with Gasteiger partial charge in [-0.15, -0.1) is 0 Å². The van der Waals surface area contributed by atoms with E-state index in [4.69, 9.17) is 9.51 Å². The van der Waals surface area contributed by atoms with E-state index >= 15 is 0 Å². The summed E-state index contributed by atoms with van der Waals surface area (Å²) in [5.74, 6) is 0.755. The molecule has 0 saturated carbocycles. The minimum Gasteiger partial charge on any atom is -0.334 e. The van der Waals surface area contributed by atoms with Gasteiger partial charge in [-0.25, -0.2) is 9.97 Å². The summed E-state index contributed by atoms with van der Waals surface area (Å²) in [4.78, 5) is 29.5. The van der Waals surface area contributed by atoms with E-state index in [0.717, 1.165) is 36.3 Å². The van der Waals surface area contributed by atoms with E-state index in [0.29, 0.717) is 35.9 Å². The number of hydrogen-bond acceptors (Lipinski definition) is 6. The largest absolute Gasteiger partial charge is 0.334 e. The van der Waals surface area contributed by atoms with Gasteiger partial charge in [0.2, 0.25) is 0 Å². The highest BCUT2D eigenvalue weighted by Crippen LogP contribution is 2.27. The zero-order valence-corrected chi connectivity index (χ0v) is 19.5. The third-order valence-corrected chi connectivity index (χ3v) is 6.52. The van der Waals surface area contributed by atoms with Crippen LogP contribution in [-0.2, 0) is 6.42 Å². The predicted molar refractivity (Wildman–Crippen MR) is 124 cm³/mol. The molecule has 0 spiro atoms. The second kappa shape index (κ2) is 8.42. The average Bonchev–Trinajstić information content (AvgIpc) is 3.42. The van der Waals surface area contributed by atoms with Crippen molar-refractivity contribution in [3.63, 3.8) is 0 Å². The van der Waals surface area contributed by atoms with Gasteiger partial charge in [-0.3, -0.25) is 4.79 Å². The molecule has 5 rings (SSSR count). The summed E-state index contributed by atoms with van der Waals surface area (Å²) in [7, 11) is 0. The molecule has 0 bridgehead atoms. The molecule has 1 aliphatic heterocycles. The SMILES string of the molecule is Cc1ccc(-c2nc(C)no2)c(C(=O)N2CCCC[C@H]2Cc2cn3ccc(C)c(C)c3n2)n1. The molecule has 8 nitrogen and oxygen atoms in total. The van der Waals surface area contributed by atoms with Gasteiger partial charge < -0.3 is 13.8 Å². The highest BCUT2D eigenvalue weighted by molar-refractivity contribution is 5.98. The second-order valence-electron chi connectivity index (χ2n) is 8.93. The molecule has 8 heteroatoms. The van der Waals surface area contributed by atoms with E-state index in [1.54, 1.807) is 6.92 Å². The van der Waals surface area contributed by atoms with Crippen LogP contribution in [-0.4, -0.2) is 47.9 Å². The number of carbonyl (C=O) groups excluding carboxylic acids is 1. The molecule has 170 valence electrons. The normalized spacial score (nSPS) is 16.5. The third kappa shape index (κ3) is 4.01. The molecule has 1 atom stereocenters. The quantitative estimate of drug-likeness (QED) is 0.467. The molecule has 0 aromatic carbocycles. The predicted octanol–water partition coefficient (Wildman–Crippen LogP) is 4.25. The Morgan fingerprint density at radius 3 is 2.73 bits per heavy atom. The van der Waals surface area contributed by atoms with E-state index in [1.165, 1.54) is 11.1 Å². The van der Waals surface area contributed by atoms with Crippen LogP contribution >= 0.6 is 0 Å². The minimum atomic E-state index is -0.0926. The summed E-state index contributed by atoms with van der Waals surface area (Å²) in [5.41, 5.74) is 6.11. The molecule has 5 heterocycles. The van der Waals surface area contributed by atoms with Crippen molar-refractivity contribution in [1.82, 2.24) is 29.4 Å². The van der Waals surface area contributed by atoms with Crippen molar-refractivity contribution >= 4 is 11.6 Å². The lowest BCUT2D eigenvalue weighted by atomic mass is 9.97. The maximum absolute atomic E-state index is 13.8. The van der Waals surface area contributed by atoms with Gasteiger partial charge in [0.25, 0.3) is 11.8 Å². The van der Waals surface area contributed by atoms with Crippen molar-refractivity contribution < 1.29 is 9.32 Å². The fraction of sp³-hybridized carbons (Fsp3) is 0.400. The first-order chi connectivity index (χ1) is 15.9. The first-order valence-corrected chi connectivity index (χ1v) is 11.4. The van der Waals surface area contributed by atoms with Gasteiger partial charge >= 0.3 is 0 Å². The molecular weight excluding hydrogens is 416 g/mol. The molecule has 1 aliphatic rings. The van der Waals surface area contributed by atoms with Gasteiger partial charge in [0.05, 0.1) is 11.3 Å². The van der Waals surface area contributed by atoms with Crippen LogP contribution in [0.15, 0.2) is 35.1 Å². The lowest BCUT2D eigenvalue weighted by Crippen LogP contribution is -2.45. The number of fused-ring (bicyclic) bond motifs is 1. The highest BCUT2D eigenvalue weighted by atomic mass is 16.5. The number of aryl methyl sites for hydroxylation is 4. The van der Waals surface area contributed by atoms with Crippen molar-refractivity contribution in [3.8, 4) is 11.5 Å². The summed E-state index contributed by atoms with van der Waals surface area (Å²) in [6.45, 7) is 8.54. The number of nitrogens with zero attached hydrogens (tertiary/aromatic N) is 6. The van der Waals surface area contributed by atoms with E-state index < -0.39 is 0 Å². The molecule has 1 saturated heterocycles. The molecule has 1 amide bonds. The number of amides is 1. The summed E-state index contributed by atoms with van der Waals surface area (Å²) in [6.07, 6.45) is 7.86. The van der Waals surface area contributed by atoms with Crippen molar-refractivity contribution in [2.75, 3.05) is 6.54 Å². The molecule has 4 aromatic rings. The number of pyridine rings is 2. The summed E-state index contributed by atoms with van der Waals surface area (Å²) >= 11 is 0. The number of piperidine rings is 1. The molecule has 0 aliphatic carbocycles. The molecule has 0 radical (unpaired) electrons. The number of hydrogen-bond donors (Lipinski definition) is 0. The number of rotatable bonds is 4. The molecule has 0 unspecified atom stereocenters. The first-order valence-electron chi connectivity index (χ1n) is 11.4. The van der Waals surface area contributed by atoms with Crippen LogP contribution in [0.2, 0.25) is 0 Å². The fourth-order valence-corrected chi connectivity index (χ4v) is 4.58. The zero-order valence-electron chi connectivity index (χ0n) is 19.5. The smallest absolute Gasteiger partial charge is 0.273 e. The van der Waals surface area contributed by atoms with Crippen molar-refractivity contribution in [1.29, 1.82) is 0 Å². The van der Waals surface area contributed by atoms with Crippen LogP contribution in [0.25, 0.3) is 17.1 Å². The van der Waals surface area contributed by atoms with Crippen LogP contribution in [0.5, 0.6) is 0 Å². The Morgan fingerprint density at radius 1 is 1.09 bits per heavy atom. The van der Waals surface area contributed by atoms with E-state index in [-0.39, 0.29) is 11.9 Å². The Balaban J connectivity index is 1.47. The van der Waals surface area contributed by atoms with Crippen LogP contribution in [0.3, 0.4) is 0 Å². The van der Waals surface area contributed by atoms with E-state index in [1.807, 2.05) is 30.2 Å². The summed E-state index contributed by atoms with van der Waals surface area (Å²) in [5, 5.41) is 3.88. The second-order valence-corrected chi connectivity index (χ2v) is 8.93. The molecule has 33 heavy (non-hydrogen) atoms. The Kier molecular flexibility index (Phi) is 5.44. The minimum absolute atomic E-state index is 0.0668. The number of imidazole rings is 1. The summed E-state index contributed by atoms with van der Waals surface area (Å²) < 4.78 is 7.43. The number of aromatic nitrogens is 5. The molecule has 0 N–H and O–H groups in total. The van der Waals surface area contributed by atoms with Gasteiger partial charge in [0.15, 0.2) is 5.82 Å². The zero-order chi connectivity index (χ0) is 23.1. The Hall–Kier alpha value is -3.55. The van der Waals surface area contributed by atoms with Crippen LogP contribution in [0.4, 0.5) is 0 Å². The maximum atomic E-state index is 13.8. The van der Waals surface area contributed by atoms with Crippen molar-refractivity contribution in [2.24, 2.45) is 0 Å². The van der Waals surface area contributed by atoms with Crippen LogP contribution < -0.4 is 0 Å². The van der Waals surface area contributed by atoms with Gasteiger partial charge in [-0.2, -0.15) is 4.98 Å². The Morgan fingerprint density at radius 2 is 1.94 bits per heavy atom. The fourth-order valence-electron chi connectivity index (χ4n) is 4.58. The lowest BCUT2D eigenvalue weighted by molar-refractivity contribution is 0.0606. The number of carbonyl (C=O) groups is 1. The van der Waals surface area contributed by atoms with Crippen LogP contribution in [0.1, 0.15) is 58.1 Å². The summed E-state index contributed by atoms with van der Waals surface area (Å²) in [6, 6.07) is 5.88. The molecule has 4 aromatic heterocycles. The molecular formula is C25H28N6O2. The van der Waals surface area contributed by atoms with E-state index in [2.05, 4.69) is 45.6 Å². The van der Waals surface area contributed by atoms with Gasteiger partial charge in [0.1, 0.15) is 11.3 Å². The topological polar surface area (TPSA) is 89.4 Å². The highest BCUT2D eigenvalue weighted by Gasteiger charge is 2.31. The standard InChI is InChI=1S/C25H28N6O2/c1-15-10-12-30-14-19(28-23(30)17(15)3)13-20-7-5-6-11-31(20)25(32)22-21(9-8-16(2)26-22)24-27-18(4)29-33-24/h8-10,12,14,20H,5-7,11,13H2,1-4H3/t20-/m0/s1. The Bertz CT molecular complexity index is 1340. The third-order valence-electron chi connectivity index (χ3n) is 6.52. The van der Waals surface area contributed by atoms with E-state index in [9.17, 15) is 4.79 Å². The lowest BCUT2D eigenvalue weighted by Gasteiger charge is -2.35. The van der Waals surface area contributed by atoms with Crippen molar-refractivity contribution in [2.45, 2.75) is 59.4 Å². The van der Waals surface area contributed by atoms with Crippen LogP contribution in [0, 0.1) is 27.7 Å². The monoisotopic (exact) mass is 444 g/mol. The first kappa shape index (κ1) is 21.3. The van der Waals surface area contributed by atoms with Gasteiger partial charge in [0, 0.05) is 37.1 Å². The Labute approximate surface area is 192 Å². The van der Waals surface area contributed by atoms with Gasteiger partial charge in [-0.05, 0) is 76.3 Å². The maximum Gasteiger partial charge on any atom is 0.273 e.